The monoisotopic (exact) mass is 532 g/mol. The molecule has 2 N–H and O–H groups in total. The van der Waals surface area contributed by atoms with Gasteiger partial charge in [0, 0.05) is 0 Å². The van der Waals surface area contributed by atoms with Crippen LogP contribution in [0.25, 0.3) is 0 Å². The van der Waals surface area contributed by atoms with Crippen LogP contribution in [-0.4, -0.2) is 68.6 Å². The van der Waals surface area contributed by atoms with Crippen LogP contribution in [0, 0.1) is 0 Å². The molecule has 1 aliphatic heterocycles. The SMILES string of the molecule is C[C@@H]1O[C@@H](OC(=O)c2ccccc2)[C@H](OS(=O)(=O)O)[C@H](OS(=O)(=O)O)[C@H]1OC(=O)c1ccccc1. The van der Waals surface area contributed by atoms with Crippen LogP contribution in [0.3, 0.4) is 0 Å². The molecule has 0 radical (unpaired) electrons. The lowest BCUT2D eigenvalue weighted by Gasteiger charge is -2.42. The summed E-state index contributed by atoms with van der Waals surface area (Å²) in [7, 11) is -10.7. The Balaban J connectivity index is 1.97. The van der Waals surface area contributed by atoms with Crippen LogP contribution >= 0.6 is 0 Å². The Morgan fingerprint density at radius 1 is 0.714 bits per heavy atom. The fraction of sp³-hybridized carbons (Fsp3) is 0.300. The van der Waals surface area contributed by atoms with Crippen molar-refractivity contribution in [2.24, 2.45) is 0 Å². The van der Waals surface area contributed by atoms with Gasteiger partial charge in [-0.25, -0.2) is 18.0 Å². The maximum absolute atomic E-state index is 12.6. The Morgan fingerprint density at radius 2 is 1.14 bits per heavy atom. The molecule has 0 unspecified atom stereocenters. The highest BCUT2D eigenvalue weighted by Gasteiger charge is 2.53. The molecule has 3 rings (SSSR count). The molecule has 0 spiro atoms. The summed E-state index contributed by atoms with van der Waals surface area (Å²) in [4.78, 5) is 25.1. The van der Waals surface area contributed by atoms with Crippen molar-refractivity contribution in [3.8, 4) is 0 Å². The van der Waals surface area contributed by atoms with Crippen molar-refractivity contribution < 1.29 is 58.1 Å². The molecule has 1 fully saturated rings. The second-order valence-corrected chi connectivity index (χ2v) is 9.29. The van der Waals surface area contributed by atoms with Crippen molar-refractivity contribution in [1.82, 2.24) is 0 Å². The highest BCUT2D eigenvalue weighted by Crippen LogP contribution is 2.31. The van der Waals surface area contributed by atoms with Gasteiger partial charge in [-0.3, -0.25) is 9.11 Å². The molecule has 1 heterocycles. The van der Waals surface area contributed by atoms with Gasteiger partial charge >= 0.3 is 32.7 Å². The van der Waals surface area contributed by atoms with E-state index in [9.17, 15) is 35.5 Å². The quantitative estimate of drug-likeness (QED) is 0.364. The van der Waals surface area contributed by atoms with Gasteiger partial charge < -0.3 is 14.2 Å². The van der Waals surface area contributed by atoms with E-state index in [2.05, 4.69) is 8.37 Å². The maximum atomic E-state index is 12.6. The van der Waals surface area contributed by atoms with Gasteiger partial charge in [0.05, 0.1) is 17.2 Å². The maximum Gasteiger partial charge on any atom is 0.397 e. The number of esters is 2. The summed E-state index contributed by atoms with van der Waals surface area (Å²) in [5.74, 6) is -2.02. The molecule has 0 aliphatic carbocycles. The standard InChI is InChI=1S/C20H20O13S2/c1-12-15(30-18(21)13-8-4-2-5-9-13)16(32-34(23,24)25)17(33-35(26,27)28)20(29-12)31-19(22)14-10-6-3-7-11-14/h2-12,15-17,20H,1H3,(H,23,24,25)(H,26,27,28)/t12-,15-,16+,17+,20-/m0/s1. The lowest BCUT2D eigenvalue weighted by atomic mass is 9.99. The van der Waals surface area contributed by atoms with Gasteiger partial charge in [0.2, 0.25) is 6.29 Å². The summed E-state index contributed by atoms with van der Waals surface area (Å²) >= 11 is 0. The Morgan fingerprint density at radius 3 is 1.60 bits per heavy atom. The number of hydrogen-bond donors (Lipinski definition) is 2. The molecule has 1 saturated heterocycles. The van der Waals surface area contributed by atoms with Crippen LogP contribution in [0.15, 0.2) is 60.7 Å². The van der Waals surface area contributed by atoms with E-state index in [4.69, 9.17) is 14.2 Å². The third-order valence-corrected chi connectivity index (χ3v) is 5.61. The van der Waals surface area contributed by atoms with Crippen molar-refractivity contribution in [3.63, 3.8) is 0 Å². The number of benzene rings is 2. The van der Waals surface area contributed by atoms with Crippen molar-refractivity contribution in [1.29, 1.82) is 0 Å². The van der Waals surface area contributed by atoms with E-state index in [0.29, 0.717) is 0 Å². The third-order valence-electron chi connectivity index (χ3n) is 4.68. The lowest BCUT2D eigenvalue weighted by molar-refractivity contribution is -0.265. The number of ether oxygens (including phenoxy) is 3. The second-order valence-electron chi connectivity index (χ2n) is 7.19. The minimum atomic E-state index is -5.34. The summed E-state index contributed by atoms with van der Waals surface area (Å²) in [6.45, 7) is 1.27. The zero-order chi connectivity index (χ0) is 25.8. The lowest BCUT2D eigenvalue weighted by Crippen LogP contribution is -2.61. The van der Waals surface area contributed by atoms with Crippen LogP contribution in [0.4, 0.5) is 0 Å². The van der Waals surface area contributed by atoms with E-state index in [1.807, 2.05) is 0 Å². The number of rotatable bonds is 8. The van der Waals surface area contributed by atoms with Crippen molar-refractivity contribution in [3.05, 3.63) is 71.8 Å². The van der Waals surface area contributed by atoms with Gasteiger partial charge in [0.1, 0.15) is 0 Å². The topological polar surface area (TPSA) is 189 Å². The Labute approximate surface area is 200 Å². The first-order valence-corrected chi connectivity index (χ1v) is 12.6. The van der Waals surface area contributed by atoms with E-state index in [-0.39, 0.29) is 11.1 Å². The summed E-state index contributed by atoms with van der Waals surface area (Å²) in [5, 5.41) is 0. The molecule has 190 valence electrons. The fourth-order valence-electron chi connectivity index (χ4n) is 3.24. The molecular formula is C20H20O13S2. The van der Waals surface area contributed by atoms with Crippen LogP contribution in [0.5, 0.6) is 0 Å². The summed E-state index contributed by atoms with van der Waals surface area (Å²) in [6, 6.07) is 14.8. The van der Waals surface area contributed by atoms with E-state index in [1.54, 1.807) is 12.1 Å². The normalized spacial score (nSPS) is 24.9. The second kappa shape index (κ2) is 10.8. The number of carbonyl (C=O) groups is 2. The van der Waals surface area contributed by atoms with Gasteiger partial charge in [0.15, 0.2) is 18.3 Å². The van der Waals surface area contributed by atoms with Gasteiger partial charge in [-0.1, -0.05) is 36.4 Å². The molecule has 0 aromatic heterocycles. The van der Waals surface area contributed by atoms with E-state index in [1.165, 1.54) is 55.5 Å². The molecular weight excluding hydrogens is 512 g/mol. The first-order chi connectivity index (χ1) is 16.3. The molecule has 0 bridgehead atoms. The highest BCUT2D eigenvalue weighted by atomic mass is 32.3. The molecule has 2 aromatic rings. The summed E-state index contributed by atoms with van der Waals surface area (Å²) in [6.07, 6.45) is -9.37. The zero-order valence-electron chi connectivity index (χ0n) is 17.9. The minimum absolute atomic E-state index is 0.0132. The average molecular weight is 533 g/mol. The zero-order valence-corrected chi connectivity index (χ0v) is 19.5. The average Bonchev–Trinajstić information content (AvgIpc) is 2.78. The third kappa shape index (κ3) is 7.53. The summed E-state index contributed by atoms with van der Waals surface area (Å²) < 4.78 is 89.5. The van der Waals surface area contributed by atoms with E-state index in [0.717, 1.165) is 0 Å². The Bertz CT molecular complexity index is 1250. The van der Waals surface area contributed by atoms with Crippen molar-refractivity contribution in [2.75, 3.05) is 0 Å². The smallest absolute Gasteiger partial charge is 0.397 e. The molecule has 35 heavy (non-hydrogen) atoms. The van der Waals surface area contributed by atoms with Crippen LogP contribution in [0.1, 0.15) is 27.6 Å². The molecule has 0 amide bonds. The van der Waals surface area contributed by atoms with Gasteiger partial charge in [0.25, 0.3) is 0 Å². The predicted octanol–water partition coefficient (Wildman–Crippen LogP) is 1.19. The van der Waals surface area contributed by atoms with Crippen molar-refractivity contribution in [2.45, 2.75) is 37.6 Å². The summed E-state index contributed by atoms with van der Waals surface area (Å²) in [5.41, 5.74) is 0.0504. The van der Waals surface area contributed by atoms with E-state index >= 15 is 0 Å². The van der Waals surface area contributed by atoms with Crippen LogP contribution < -0.4 is 0 Å². The molecule has 1 aliphatic rings. The van der Waals surface area contributed by atoms with Gasteiger partial charge in [-0.15, -0.1) is 0 Å². The van der Waals surface area contributed by atoms with Crippen LogP contribution in [-0.2, 0) is 43.4 Å². The molecule has 2 aromatic carbocycles. The number of carbonyl (C=O) groups excluding carboxylic acids is 2. The fourth-order valence-corrected chi connectivity index (χ4v) is 4.22. The molecule has 0 saturated carbocycles. The van der Waals surface area contributed by atoms with Gasteiger partial charge in [-0.2, -0.15) is 16.8 Å². The molecule has 13 nitrogen and oxygen atoms in total. The Hall–Kier alpha value is -2.92. The van der Waals surface area contributed by atoms with E-state index < -0.39 is 63.4 Å². The first kappa shape index (κ1) is 26.7. The van der Waals surface area contributed by atoms with Crippen molar-refractivity contribution >= 4 is 32.7 Å². The first-order valence-electron chi connectivity index (χ1n) is 9.83. The van der Waals surface area contributed by atoms with Crippen LogP contribution in [0.2, 0.25) is 0 Å². The number of hydrogen-bond acceptors (Lipinski definition) is 11. The minimum Gasteiger partial charge on any atom is -0.453 e. The predicted molar refractivity (Wildman–Crippen MR) is 115 cm³/mol. The Kier molecular flexibility index (Phi) is 8.22. The van der Waals surface area contributed by atoms with Gasteiger partial charge in [-0.05, 0) is 31.2 Å². The molecule has 15 heteroatoms. The molecule has 5 atom stereocenters. The largest absolute Gasteiger partial charge is 0.453 e. The highest BCUT2D eigenvalue weighted by molar-refractivity contribution is 7.81.